The maximum absolute atomic E-state index is 7.33. The molecule has 0 aromatic carbocycles. The third kappa shape index (κ3) is 376. The molecule has 0 fully saturated rings. The van der Waals surface area contributed by atoms with Crippen molar-refractivity contribution >= 4 is 98.9 Å². The van der Waals surface area contributed by atoms with Gasteiger partial charge in [-0.15, -0.1) is 0 Å². The second-order valence-electron chi connectivity index (χ2n) is 1.20. The zero-order chi connectivity index (χ0) is 9.00. The summed E-state index contributed by atoms with van der Waals surface area (Å²) in [5.74, 6) is 0. The van der Waals surface area contributed by atoms with Gasteiger partial charge in [-0.05, 0) is 0 Å². The molecular formula is H18Al2Mg2O8Si2. The summed E-state index contributed by atoms with van der Waals surface area (Å²) in [7, 11) is -9.22. The minimum absolute atomic E-state index is 0. The van der Waals surface area contributed by atoms with Crippen LogP contribution in [-0.2, 0) is 0 Å². The van der Waals surface area contributed by atoms with Crippen LogP contribution in [-0.4, -0.2) is 137 Å². The second kappa shape index (κ2) is 15.7. The van der Waals surface area contributed by atoms with Gasteiger partial charge in [0.25, 0.3) is 0 Å². The van der Waals surface area contributed by atoms with Gasteiger partial charge in [0.05, 0.1) is 0 Å². The van der Waals surface area contributed by atoms with Gasteiger partial charge >= 0.3 is 64.2 Å². The third-order valence-corrected chi connectivity index (χ3v) is 0. The predicted octanol–water partition coefficient (Wildman–Crippen LogP) is -7.90. The fraction of sp³-hybridized carbons (Fsp3) is 0. The van der Waals surface area contributed by atoms with E-state index in [1.54, 1.807) is 0 Å². The molecule has 0 saturated heterocycles. The Hall–Kier alpha value is 2.71. The van der Waals surface area contributed by atoms with Crippen molar-refractivity contribution in [2.75, 3.05) is 0 Å². The van der Waals surface area contributed by atoms with Crippen molar-refractivity contribution in [2.24, 2.45) is 0 Å². The summed E-state index contributed by atoms with van der Waals surface area (Å²) in [6.07, 6.45) is 0. The van der Waals surface area contributed by atoms with Gasteiger partial charge in [0.1, 0.15) is 0 Å². The summed E-state index contributed by atoms with van der Waals surface area (Å²) < 4.78 is 0. The molecule has 8 nitrogen and oxygen atoms in total. The average Bonchev–Trinajstić information content (AvgIpc) is 1.12. The molecule has 0 aliphatic carbocycles. The topological polar surface area (TPSA) is 162 Å². The van der Waals surface area contributed by atoms with Gasteiger partial charge in [-0.2, -0.15) is 0 Å². The molecule has 0 aromatic rings. The number of hydrogen-bond donors (Lipinski definition) is 8. The van der Waals surface area contributed by atoms with Crippen molar-refractivity contribution in [3.05, 3.63) is 0 Å². The molecule has 0 radical (unpaired) electrons. The van der Waals surface area contributed by atoms with E-state index in [9.17, 15) is 0 Å². The molecular weight excluding hydrogens is 287 g/mol. The normalized spacial score (nSPS) is 8.57. The first-order valence-electron chi connectivity index (χ1n) is 1.79. The van der Waals surface area contributed by atoms with E-state index in [1.165, 1.54) is 0 Å². The Kier molecular flexibility index (Phi) is 40.3. The van der Waals surface area contributed by atoms with Crippen LogP contribution in [0.3, 0.4) is 0 Å². The van der Waals surface area contributed by atoms with E-state index in [2.05, 4.69) is 0 Å². The quantitative estimate of drug-likeness (QED) is 0.205. The first-order chi connectivity index (χ1) is 4.00. The van der Waals surface area contributed by atoms with E-state index >= 15 is 0 Å². The molecule has 0 heterocycles. The molecule has 14 heteroatoms. The first kappa shape index (κ1) is 36.0. The Morgan fingerprint density at radius 3 is 0.500 bits per heavy atom. The van der Waals surface area contributed by atoms with Crippen LogP contribution in [0.4, 0.5) is 0 Å². The smallest absolute Gasteiger partial charge is 1.00 e. The molecule has 0 unspecified atom stereocenters. The summed E-state index contributed by atoms with van der Waals surface area (Å²) in [6.45, 7) is 0. The molecule has 0 bridgehead atoms. The van der Waals surface area contributed by atoms with Gasteiger partial charge in [-0.25, -0.2) is 0 Å². The van der Waals surface area contributed by atoms with E-state index in [-0.39, 0.29) is 86.5 Å². The Labute approximate surface area is 142 Å². The molecule has 0 aliphatic rings. The largest absolute Gasteiger partial charge is 2.00 e. The van der Waals surface area contributed by atoms with E-state index < -0.39 is 18.1 Å². The maximum Gasteiger partial charge on any atom is 2.00 e. The summed E-state index contributed by atoms with van der Waals surface area (Å²) in [5, 5.41) is 0. The van der Waals surface area contributed by atoms with E-state index in [1.807, 2.05) is 0 Å². The minimum Gasteiger partial charge on any atom is -1.00 e. The predicted molar refractivity (Wildman–Crippen MR) is 65.1 cm³/mol. The van der Waals surface area contributed by atoms with Gasteiger partial charge in [0.15, 0.2) is 34.7 Å². The van der Waals surface area contributed by atoms with Crippen LogP contribution in [0.2, 0.25) is 0 Å². The van der Waals surface area contributed by atoms with Crippen molar-refractivity contribution in [1.82, 2.24) is 0 Å². The van der Waals surface area contributed by atoms with Crippen LogP contribution in [0.25, 0.3) is 0 Å². The zero-order valence-corrected chi connectivity index (χ0v) is 10.8. The van der Waals surface area contributed by atoms with Gasteiger partial charge in [0.2, 0.25) is 0 Å². The Morgan fingerprint density at radius 1 is 0.500 bits per heavy atom. The fourth-order valence-corrected chi connectivity index (χ4v) is 0. The van der Waals surface area contributed by atoms with Crippen molar-refractivity contribution < 1.29 is 44.1 Å². The summed E-state index contributed by atoms with van der Waals surface area (Å²) >= 11 is 0. The Morgan fingerprint density at radius 2 is 0.500 bits per heavy atom. The fourth-order valence-electron chi connectivity index (χ4n) is 0. The molecule has 0 rings (SSSR count). The van der Waals surface area contributed by atoms with Crippen molar-refractivity contribution in [3.63, 3.8) is 0 Å². The summed E-state index contributed by atoms with van der Waals surface area (Å²) in [4.78, 5) is 58.6. The Balaban J connectivity index is -0.00000000615. The van der Waals surface area contributed by atoms with Gasteiger partial charge in [-0.3, -0.25) is 0 Å². The zero-order valence-electron chi connectivity index (χ0n) is 9.99. The van der Waals surface area contributed by atoms with Crippen LogP contribution in [0, 0.1) is 0 Å². The average molecular weight is 305 g/mol. The summed E-state index contributed by atoms with van der Waals surface area (Å²) in [5.41, 5.74) is 0. The first-order valence-corrected chi connectivity index (χ1v) is 5.37. The van der Waals surface area contributed by atoms with Crippen LogP contribution in [0.5, 0.6) is 0 Å². The molecule has 0 aromatic heterocycles. The molecule has 0 saturated carbocycles. The number of rotatable bonds is 0. The van der Waals surface area contributed by atoms with E-state index in [0.717, 1.165) is 0 Å². The molecule has 14 heavy (non-hydrogen) atoms. The van der Waals surface area contributed by atoms with E-state index in [4.69, 9.17) is 38.4 Å². The monoisotopic (exact) mass is 304 g/mol. The molecule has 0 amide bonds. The van der Waals surface area contributed by atoms with Gasteiger partial charge < -0.3 is 44.1 Å². The standard InChI is InChI=1S/2Al.2Mg.2H4O4Si.10H/c;;;;2*1-5(2,3)4;;;;;;;;;;/h;;;;2*1-4H;;;;;;;;;;/q;;2*+2;;;;;;;;;4*-1. The van der Waals surface area contributed by atoms with Crippen molar-refractivity contribution in [3.8, 4) is 0 Å². The maximum atomic E-state index is 7.33. The van der Waals surface area contributed by atoms with Crippen molar-refractivity contribution in [1.29, 1.82) is 0 Å². The van der Waals surface area contributed by atoms with Crippen LogP contribution in [0.1, 0.15) is 5.71 Å². The molecule has 84 valence electrons. The van der Waals surface area contributed by atoms with Crippen molar-refractivity contribution in [2.45, 2.75) is 0 Å². The summed E-state index contributed by atoms with van der Waals surface area (Å²) in [6, 6.07) is 0. The second-order valence-corrected chi connectivity index (χ2v) is 3.60. The third-order valence-electron chi connectivity index (χ3n) is 0. The minimum atomic E-state index is -4.61. The molecule has 0 atom stereocenters. The van der Waals surface area contributed by atoms with Crippen LogP contribution < -0.4 is 0 Å². The van der Waals surface area contributed by atoms with E-state index in [0.29, 0.717) is 0 Å². The van der Waals surface area contributed by atoms with Gasteiger partial charge in [0, 0.05) is 0 Å². The van der Waals surface area contributed by atoms with Crippen LogP contribution >= 0.6 is 0 Å². The van der Waals surface area contributed by atoms with Gasteiger partial charge in [-0.1, -0.05) is 0 Å². The molecule has 8 N–H and O–H groups in total. The molecule has 0 aliphatic heterocycles. The SMILES string of the molecule is O[Si](O)(O)O.O[Si](O)(O)O.[AlH3].[AlH3].[H-].[H-].[H-].[H-].[Mg+2].[Mg+2]. The number of hydrogen-bond acceptors (Lipinski definition) is 8. The van der Waals surface area contributed by atoms with Crippen LogP contribution in [0.15, 0.2) is 0 Å². The Bertz CT molecular complexity index is 80.1. The molecule has 0 spiro atoms.